The second kappa shape index (κ2) is 9.87. The molecule has 8 aliphatic rings. The van der Waals surface area contributed by atoms with Gasteiger partial charge in [0.2, 0.25) is 5.91 Å². The zero-order chi connectivity index (χ0) is 31.3. The van der Waals surface area contributed by atoms with Crippen LogP contribution in [0.2, 0.25) is 0 Å². The SMILES string of the molecule is C[C@@H](O)C1C(=O)N2C(C(=O)O)=C(CN3C4=CC=CC5C(CC[N+]67CC[N+](CC(N)=O)(CC6)CC7)=CC=C(C45)S3(=O)=O)[C@H](C)C12. The van der Waals surface area contributed by atoms with E-state index >= 15 is 0 Å². The first kappa shape index (κ1) is 29.5. The molecule has 2 amide bonds. The zero-order valence-electron chi connectivity index (χ0n) is 25.1. The number of sulfonamides is 1. The third-order valence-electron chi connectivity index (χ3n) is 11.7. The first-order valence-electron chi connectivity index (χ1n) is 15.6. The number of aliphatic hydroxyl groups excluding tert-OH is 1. The molecule has 0 radical (unpaired) electrons. The van der Waals surface area contributed by atoms with Crippen LogP contribution in [0.25, 0.3) is 0 Å². The second-order valence-electron chi connectivity index (χ2n) is 13.9. The normalized spacial score (nSPS) is 38.5. The molecule has 6 aliphatic heterocycles. The van der Waals surface area contributed by atoms with Gasteiger partial charge in [-0.1, -0.05) is 30.7 Å². The summed E-state index contributed by atoms with van der Waals surface area (Å²) in [6.45, 7) is 10.4. The molecule has 4 N–H and O–H groups in total. The number of primary amides is 1. The maximum Gasteiger partial charge on any atom is 0.352 e. The average molecular weight is 628 g/mol. The Balaban J connectivity index is 1.11. The second-order valence-corrected chi connectivity index (χ2v) is 15.7. The van der Waals surface area contributed by atoms with Crippen molar-refractivity contribution in [3.63, 3.8) is 0 Å². The molecule has 0 aromatic carbocycles. The number of carboxylic acids is 1. The molecule has 6 atom stereocenters. The maximum atomic E-state index is 14.0. The van der Waals surface area contributed by atoms with Crippen LogP contribution in [-0.4, -0.2) is 126 Å². The number of amides is 2. The van der Waals surface area contributed by atoms with Crippen LogP contribution < -0.4 is 5.73 Å². The summed E-state index contributed by atoms with van der Waals surface area (Å²) in [5.74, 6) is -3.56. The van der Waals surface area contributed by atoms with Gasteiger partial charge in [-0.05, 0) is 24.6 Å². The van der Waals surface area contributed by atoms with Gasteiger partial charge in [0, 0.05) is 29.9 Å². The van der Waals surface area contributed by atoms with Crippen molar-refractivity contribution in [3.8, 4) is 0 Å². The molecule has 236 valence electrons. The van der Waals surface area contributed by atoms with Crippen molar-refractivity contribution in [2.45, 2.75) is 32.4 Å². The van der Waals surface area contributed by atoms with Crippen molar-refractivity contribution in [2.75, 3.05) is 58.9 Å². The zero-order valence-corrected chi connectivity index (χ0v) is 25.9. The quantitative estimate of drug-likeness (QED) is 0.237. The summed E-state index contributed by atoms with van der Waals surface area (Å²) >= 11 is 0. The Morgan fingerprint density at radius 3 is 2.36 bits per heavy atom. The molecular weight excluding hydrogens is 586 g/mol. The number of carbonyl (C=O) groups excluding carboxylic acids is 2. The van der Waals surface area contributed by atoms with Crippen LogP contribution in [0.15, 0.2) is 57.8 Å². The van der Waals surface area contributed by atoms with Gasteiger partial charge in [0.25, 0.3) is 15.9 Å². The number of nitrogens with two attached hydrogens (primary N) is 1. The number of carboxylic acid groups (broad SMARTS) is 1. The number of quaternary nitrogens is 2. The summed E-state index contributed by atoms with van der Waals surface area (Å²) in [7, 11) is -3.93. The van der Waals surface area contributed by atoms with Crippen molar-refractivity contribution >= 4 is 27.8 Å². The number of nitrogens with zero attached hydrogens (tertiary/aromatic N) is 4. The molecule has 6 heterocycles. The smallest absolute Gasteiger partial charge is 0.352 e. The highest BCUT2D eigenvalue weighted by Crippen LogP contribution is 2.53. The molecule has 0 aromatic heterocycles. The standard InChI is InChI=1S/C31H39N5O7S/c1-18-22(29(31(40)41)34-28(18)26(19(2)37)30(34)39)16-33-23-5-3-4-21-20(6-7-24(27(21)23)44(33,42)43)8-9-35-10-13-36(14-11-35,15-12-35)17-25(32)38/h3-7,18-19,21,26-28,37H,8-17H2,1-2H3,(H-2,32,38,40,41)/p+2/t18-,19+,21?,26?,27?,28?,35?,36?/m0/s1. The van der Waals surface area contributed by atoms with Gasteiger partial charge in [-0.25, -0.2) is 13.2 Å². The van der Waals surface area contributed by atoms with Crippen LogP contribution in [-0.2, 0) is 24.4 Å². The molecule has 2 bridgehead atoms. The largest absolute Gasteiger partial charge is 0.477 e. The Labute approximate surface area is 257 Å². The van der Waals surface area contributed by atoms with E-state index in [1.165, 1.54) is 21.7 Å². The van der Waals surface area contributed by atoms with Crippen molar-refractivity contribution in [1.29, 1.82) is 0 Å². The first-order chi connectivity index (χ1) is 20.8. The topological polar surface area (TPSA) is 158 Å². The minimum atomic E-state index is -3.93. The summed E-state index contributed by atoms with van der Waals surface area (Å²) in [4.78, 5) is 38.4. The van der Waals surface area contributed by atoms with Crippen LogP contribution in [0.3, 0.4) is 0 Å². The monoisotopic (exact) mass is 627 g/mol. The number of β-lactam (4-membered cyclic amide) rings is 1. The number of hydrogen-bond donors (Lipinski definition) is 3. The van der Waals surface area contributed by atoms with Crippen molar-refractivity contribution in [1.82, 2.24) is 9.21 Å². The minimum Gasteiger partial charge on any atom is -0.477 e. The van der Waals surface area contributed by atoms with Gasteiger partial charge in [-0.2, -0.15) is 0 Å². The summed E-state index contributed by atoms with van der Waals surface area (Å²) < 4.78 is 31.2. The Bertz CT molecular complexity index is 1600. The van der Waals surface area contributed by atoms with Gasteiger partial charge in [0.15, 0.2) is 6.54 Å². The van der Waals surface area contributed by atoms with Crippen LogP contribution in [0.1, 0.15) is 20.3 Å². The number of piperazine rings is 3. The summed E-state index contributed by atoms with van der Waals surface area (Å²) in [5.41, 5.74) is 7.57. The van der Waals surface area contributed by atoms with Crippen LogP contribution in [0.4, 0.5) is 0 Å². The van der Waals surface area contributed by atoms with E-state index in [0.717, 1.165) is 61.2 Å². The van der Waals surface area contributed by atoms with E-state index in [4.69, 9.17) is 5.73 Å². The lowest BCUT2D eigenvalue weighted by Crippen LogP contribution is -2.76. The molecule has 5 fully saturated rings. The van der Waals surface area contributed by atoms with Crippen LogP contribution in [0.5, 0.6) is 0 Å². The number of aliphatic hydroxyl groups is 1. The van der Waals surface area contributed by atoms with Crippen molar-refractivity contribution < 1.29 is 42.0 Å². The lowest BCUT2D eigenvalue weighted by atomic mass is 9.76. The fourth-order valence-electron chi connectivity index (χ4n) is 9.14. The summed E-state index contributed by atoms with van der Waals surface area (Å²) in [5, 5.41) is 20.3. The predicted molar refractivity (Wildman–Crippen MR) is 159 cm³/mol. The third-order valence-corrected chi connectivity index (χ3v) is 13.6. The Morgan fingerprint density at radius 2 is 1.75 bits per heavy atom. The summed E-state index contributed by atoms with van der Waals surface area (Å²) in [6, 6.07) is -0.506. The van der Waals surface area contributed by atoms with Crippen molar-refractivity contribution in [3.05, 3.63) is 57.8 Å². The lowest BCUT2D eigenvalue weighted by Gasteiger charge is -2.55. The summed E-state index contributed by atoms with van der Waals surface area (Å²) in [6.07, 6.45) is 9.38. The number of rotatable bonds is 9. The van der Waals surface area contributed by atoms with Gasteiger partial charge >= 0.3 is 5.97 Å². The van der Waals surface area contributed by atoms with E-state index < -0.39 is 45.9 Å². The number of allylic oxidation sites excluding steroid dienone is 6. The Morgan fingerprint density at radius 1 is 1.09 bits per heavy atom. The highest BCUT2D eigenvalue weighted by Gasteiger charge is 2.61. The molecule has 8 rings (SSSR count). The number of carbonyl (C=O) groups is 3. The van der Waals surface area contributed by atoms with Crippen LogP contribution in [0, 0.1) is 23.7 Å². The van der Waals surface area contributed by atoms with Gasteiger partial charge in [-0.15, -0.1) is 0 Å². The number of aliphatic carboxylic acids is 1. The van der Waals surface area contributed by atoms with E-state index in [1.807, 2.05) is 25.2 Å². The molecule has 0 saturated carbocycles. The Kier molecular flexibility index (Phi) is 6.61. The van der Waals surface area contributed by atoms with E-state index in [2.05, 4.69) is 6.08 Å². The maximum absolute atomic E-state index is 14.0. The van der Waals surface area contributed by atoms with Gasteiger partial charge in [0.1, 0.15) is 45.0 Å². The van der Waals surface area contributed by atoms with Gasteiger partial charge < -0.3 is 29.8 Å². The number of hydrogen-bond acceptors (Lipinski definition) is 6. The molecule has 0 spiro atoms. The average Bonchev–Trinajstić information content (AvgIpc) is 3.34. The van der Waals surface area contributed by atoms with E-state index in [1.54, 1.807) is 6.08 Å². The van der Waals surface area contributed by atoms with Crippen LogP contribution >= 0.6 is 0 Å². The van der Waals surface area contributed by atoms with E-state index in [-0.39, 0.29) is 30.0 Å². The minimum absolute atomic E-state index is 0.109. The third kappa shape index (κ3) is 4.12. The molecule has 12 nitrogen and oxygen atoms in total. The molecule has 5 saturated heterocycles. The van der Waals surface area contributed by atoms with E-state index in [9.17, 15) is 33.0 Å². The fraction of sp³-hybridized carbons (Fsp3) is 0.581. The molecule has 4 unspecified atom stereocenters. The molecular formula is C31H41N5O7S+2. The van der Waals surface area contributed by atoms with E-state index in [0.29, 0.717) is 22.7 Å². The van der Waals surface area contributed by atoms with Gasteiger partial charge in [0.05, 0.1) is 36.1 Å². The van der Waals surface area contributed by atoms with Gasteiger partial charge in [-0.3, -0.25) is 13.9 Å². The predicted octanol–water partition coefficient (Wildman–Crippen LogP) is -0.126. The molecule has 13 heteroatoms. The lowest BCUT2D eigenvalue weighted by molar-refractivity contribution is -1.08. The number of fused-ring (bicyclic) bond motifs is 4. The molecule has 2 aliphatic carbocycles. The first-order valence-corrected chi connectivity index (χ1v) is 17.0. The fourth-order valence-corrected chi connectivity index (χ4v) is 11.0. The molecule has 44 heavy (non-hydrogen) atoms. The Hall–Kier alpha value is -3.26. The highest BCUT2D eigenvalue weighted by atomic mass is 32.2. The van der Waals surface area contributed by atoms with Crippen molar-refractivity contribution in [2.24, 2.45) is 29.4 Å². The molecule has 0 aromatic rings. The highest BCUT2D eigenvalue weighted by molar-refractivity contribution is 7.93.